The molecule has 2 aromatic rings. The second kappa shape index (κ2) is 10.8. The molecule has 1 amide bonds. The fourth-order valence-corrected chi connectivity index (χ4v) is 2.65. The van der Waals surface area contributed by atoms with Crippen LogP contribution >= 0.6 is 0 Å². The molecule has 0 saturated heterocycles. The predicted octanol–water partition coefficient (Wildman–Crippen LogP) is 2.81. The molecule has 0 unspecified atom stereocenters. The highest BCUT2D eigenvalue weighted by molar-refractivity contribution is 5.78. The SMILES string of the molecule is CCN(CC)CCOCCNC(=O)Cc1nc(-c2ccccc2F)oc1C. The Balaban J connectivity index is 1.76. The average molecular weight is 377 g/mol. The Morgan fingerprint density at radius 2 is 2.00 bits per heavy atom. The van der Waals surface area contributed by atoms with Crippen molar-refractivity contribution in [3.8, 4) is 11.5 Å². The lowest BCUT2D eigenvalue weighted by atomic mass is 10.2. The third-order valence-corrected chi connectivity index (χ3v) is 4.34. The van der Waals surface area contributed by atoms with Gasteiger partial charge in [0, 0.05) is 13.1 Å². The normalized spacial score (nSPS) is 11.1. The summed E-state index contributed by atoms with van der Waals surface area (Å²) in [5.74, 6) is 0.127. The van der Waals surface area contributed by atoms with Crippen molar-refractivity contribution < 1.29 is 18.3 Å². The number of ether oxygens (including phenoxy) is 1. The van der Waals surface area contributed by atoms with Gasteiger partial charge < -0.3 is 19.4 Å². The van der Waals surface area contributed by atoms with Crippen LogP contribution in [-0.2, 0) is 16.0 Å². The van der Waals surface area contributed by atoms with Crippen LogP contribution in [0.5, 0.6) is 0 Å². The standard InChI is InChI=1S/C20H28FN3O3/c1-4-24(5-2)11-13-26-12-10-22-19(25)14-18-15(3)27-20(23-18)16-8-6-7-9-17(16)21/h6-9H,4-5,10-14H2,1-3H3,(H,22,25). The van der Waals surface area contributed by atoms with Gasteiger partial charge in [0.05, 0.1) is 30.9 Å². The molecule has 2 rings (SSSR count). The maximum atomic E-state index is 13.8. The smallest absolute Gasteiger partial charge is 0.229 e. The van der Waals surface area contributed by atoms with Gasteiger partial charge in [0.25, 0.3) is 0 Å². The summed E-state index contributed by atoms with van der Waals surface area (Å²) in [5, 5.41) is 2.80. The van der Waals surface area contributed by atoms with E-state index in [0.29, 0.717) is 31.2 Å². The molecule has 0 atom stereocenters. The molecule has 0 spiro atoms. The third kappa shape index (κ3) is 6.45. The maximum Gasteiger partial charge on any atom is 0.229 e. The van der Waals surface area contributed by atoms with Gasteiger partial charge in [0.2, 0.25) is 11.8 Å². The molecule has 1 N–H and O–H groups in total. The number of hydrogen-bond donors (Lipinski definition) is 1. The molecular weight excluding hydrogens is 349 g/mol. The number of carbonyl (C=O) groups is 1. The number of amides is 1. The van der Waals surface area contributed by atoms with Crippen molar-refractivity contribution in [3.63, 3.8) is 0 Å². The van der Waals surface area contributed by atoms with Crippen molar-refractivity contribution in [2.75, 3.05) is 39.4 Å². The van der Waals surface area contributed by atoms with Crippen LogP contribution in [0, 0.1) is 12.7 Å². The Kier molecular flexibility index (Phi) is 8.42. The molecule has 0 fully saturated rings. The Morgan fingerprint density at radius 3 is 2.70 bits per heavy atom. The number of carbonyl (C=O) groups excluding carboxylic acids is 1. The summed E-state index contributed by atoms with van der Waals surface area (Å²) in [6.45, 7) is 10.4. The molecular formula is C20H28FN3O3. The molecule has 1 heterocycles. The average Bonchev–Trinajstić information content (AvgIpc) is 3.01. The molecule has 0 aliphatic heterocycles. The van der Waals surface area contributed by atoms with Gasteiger partial charge >= 0.3 is 0 Å². The summed E-state index contributed by atoms with van der Waals surface area (Å²) in [6.07, 6.45) is 0.0865. The van der Waals surface area contributed by atoms with Gasteiger partial charge in [-0.3, -0.25) is 4.79 Å². The Morgan fingerprint density at radius 1 is 1.26 bits per heavy atom. The van der Waals surface area contributed by atoms with Crippen LogP contribution in [0.1, 0.15) is 25.3 Å². The van der Waals surface area contributed by atoms with E-state index in [1.807, 2.05) is 0 Å². The highest BCUT2D eigenvalue weighted by Crippen LogP contribution is 2.24. The number of rotatable bonds is 11. The number of halogens is 1. The quantitative estimate of drug-likeness (QED) is 0.610. The Bertz CT molecular complexity index is 729. The van der Waals surface area contributed by atoms with Crippen LogP contribution in [0.3, 0.4) is 0 Å². The van der Waals surface area contributed by atoms with Gasteiger partial charge in [-0.1, -0.05) is 26.0 Å². The largest absolute Gasteiger partial charge is 0.441 e. The number of benzene rings is 1. The zero-order chi connectivity index (χ0) is 19.6. The lowest BCUT2D eigenvalue weighted by molar-refractivity contribution is -0.120. The fourth-order valence-electron chi connectivity index (χ4n) is 2.65. The van der Waals surface area contributed by atoms with E-state index in [1.165, 1.54) is 6.07 Å². The van der Waals surface area contributed by atoms with Crippen LogP contribution in [0.25, 0.3) is 11.5 Å². The maximum absolute atomic E-state index is 13.8. The highest BCUT2D eigenvalue weighted by Gasteiger charge is 2.16. The van der Waals surface area contributed by atoms with Crippen molar-refractivity contribution in [1.82, 2.24) is 15.2 Å². The van der Waals surface area contributed by atoms with Gasteiger partial charge in [0.1, 0.15) is 11.6 Å². The molecule has 0 bridgehead atoms. The monoisotopic (exact) mass is 377 g/mol. The molecule has 7 heteroatoms. The summed E-state index contributed by atoms with van der Waals surface area (Å²) in [4.78, 5) is 18.6. The van der Waals surface area contributed by atoms with Crippen molar-refractivity contribution in [3.05, 3.63) is 41.5 Å². The second-order valence-corrected chi connectivity index (χ2v) is 6.17. The zero-order valence-electron chi connectivity index (χ0n) is 16.3. The van der Waals surface area contributed by atoms with Gasteiger partial charge in [-0.2, -0.15) is 0 Å². The van der Waals surface area contributed by atoms with Crippen molar-refractivity contribution >= 4 is 5.91 Å². The molecule has 0 aliphatic carbocycles. The number of aromatic nitrogens is 1. The van der Waals surface area contributed by atoms with Gasteiger partial charge in [0.15, 0.2) is 0 Å². The van der Waals surface area contributed by atoms with Crippen LogP contribution in [-0.4, -0.2) is 55.2 Å². The minimum Gasteiger partial charge on any atom is -0.441 e. The number of hydrogen-bond acceptors (Lipinski definition) is 5. The second-order valence-electron chi connectivity index (χ2n) is 6.17. The summed E-state index contributed by atoms with van der Waals surface area (Å²) >= 11 is 0. The number of nitrogens with zero attached hydrogens (tertiary/aromatic N) is 2. The fraction of sp³-hybridized carbons (Fsp3) is 0.500. The lowest BCUT2D eigenvalue weighted by Gasteiger charge is -2.17. The van der Waals surface area contributed by atoms with Crippen LogP contribution in [0.15, 0.2) is 28.7 Å². The van der Waals surface area contributed by atoms with Crippen LogP contribution < -0.4 is 5.32 Å². The molecule has 148 valence electrons. The Hall–Kier alpha value is -2.25. The van der Waals surface area contributed by atoms with Crippen LogP contribution in [0.2, 0.25) is 0 Å². The molecule has 6 nitrogen and oxygen atoms in total. The first-order chi connectivity index (χ1) is 13.0. The minimum atomic E-state index is -0.406. The van der Waals surface area contributed by atoms with E-state index >= 15 is 0 Å². The van der Waals surface area contributed by atoms with Crippen molar-refractivity contribution in [1.29, 1.82) is 0 Å². The lowest BCUT2D eigenvalue weighted by Crippen LogP contribution is -2.31. The van der Waals surface area contributed by atoms with E-state index in [2.05, 4.69) is 29.0 Å². The number of aryl methyl sites for hydroxylation is 1. The summed E-state index contributed by atoms with van der Waals surface area (Å²) in [6, 6.07) is 6.26. The molecule has 0 aliphatic rings. The topological polar surface area (TPSA) is 67.6 Å². The summed E-state index contributed by atoms with van der Waals surface area (Å²) in [5.41, 5.74) is 0.794. The minimum absolute atomic E-state index is 0.0865. The highest BCUT2D eigenvalue weighted by atomic mass is 19.1. The Labute approximate surface area is 159 Å². The molecule has 27 heavy (non-hydrogen) atoms. The first-order valence-electron chi connectivity index (χ1n) is 9.33. The summed E-state index contributed by atoms with van der Waals surface area (Å²) in [7, 11) is 0. The van der Waals surface area contributed by atoms with Crippen LogP contribution in [0.4, 0.5) is 4.39 Å². The van der Waals surface area contributed by atoms with E-state index in [4.69, 9.17) is 9.15 Å². The first-order valence-corrected chi connectivity index (χ1v) is 9.33. The number of likely N-dealkylation sites (N-methyl/N-ethyl adjacent to an activating group) is 1. The van der Waals surface area contributed by atoms with Gasteiger partial charge in [-0.05, 0) is 32.1 Å². The zero-order valence-corrected chi connectivity index (χ0v) is 16.3. The van der Waals surface area contributed by atoms with Crippen molar-refractivity contribution in [2.45, 2.75) is 27.2 Å². The van der Waals surface area contributed by atoms with E-state index in [1.54, 1.807) is 25.1 Å². The van der Waals surface area contributed by atoms with Gasteiger partial charge in [-0.15, -0.1) is 0 Å². The molecule has 1 aromatic heterocycles. The van der Waals surface area contributed by atoms with Gasteiger partial charge in [-0.25, -0.2) is 9.37 Å². The van der Waals surface area contributed by atoms with E-state index < -0.39 is 5.82 Å². The number of oxazole rings is 1. The summed E-state index contributed by atoms with van der Waals surface area (Å²) < 4.78 is 24.9. The van der Waals surface area contributed by atoms with E-state index in [9.17, 15) is 9.18 Å². The van der Waals surface area contributed by atoms with E-state index in [0.717, 1.165) is 19.6 Å². The number of nitrogens with one attached hydrogen (secondary N) is 1. The van der Waals surface area contributed by atoms with Crippen molar-refractivity contribution in [2.24, 2.45) is 0 Å². The first kappa shape index (κ1) is 21.1. The van der Waals surface area contributed by atoms with E-state index in [-0.39, 0.29) is 23.8 Å². The molecule has 1 aromatic carbocycles. The third-order valence-electron chi connectivity index (χ3n) is 4.34. The molecule has 0 saturated carbocycles. The predicted molar refractivity (Wildman–Crippen MR) is 102 cm³/mol. The molecule has 0 radical (unpaired) electrons.